The molecule has 5 atom stereocenters. The Morgan fingerprint density at radius 1 is 0.855 bits per heavy atom. The summed E-state index contributed by atoms with van der Waals surface area (Å²) in [6, 6.07) is 4.91. The maximum Gasteiger partial charge on any atom is 0.389 e. The number of anilines is 1. The zero-order chi connectivity index (χ0) is 54.5. The number of aromatic nitrogens is 1. The molecule has 3 aromatic rings. The van der Waals surface area contributed by atoms with Crippen molar-refractivity contribution in [2.24, 2.45) is 5.73 Å². The molecule has 2 aromatic carbocycles. The molecule has 10 N–H and O–H groups in total. The van der Waals surface area contributed by atoms with Gasteiger partial charge >= 0.3 is 14.7 Å². The van der Waals surface area contributed by atoms with Crippen molar-refractivity contribution in [2.45, 2.75) is 113 Å². The van der Waals surface area contributed by atoms with E-state index in [2.05, 4.69) is 36.1 Å². The number of aromatic amines is 1. The van der Waals surface area contributed by atoms with Gasteiger partial charge in [-0.25, -0.2) is 4.52 Å². The summed E-state index contributed by atoms with van der Waals surface area (Å²) in [5, 5.41) is 13.7. The van der Waals surface area contributed by atoms with E-state index in [0.717, 1.165) is 17.0 Å². The maximum absolute atomic E-state index is 14.4. The lowest BCUT2D eigenvalue weighted by molar-refractivity contribution is -0.189. The van der Waals surface area contributed by atoms with Gasteiger partial charge < -0.3 is 60.9 Å². The van der Waals surface area contributed by atoms with Crippen molar-refractivity contribution >= 4 is 78.4 Å². The Labute approximate surface area is 435 Å². The molecule has 1 aromatic heterocycles. The zero-order valence-electron chi connectivity index (χ0n) is 41.4. The van der Waals surface area contributed by atoms with Crippen LogP contribution in [-0.2, 0) is 53.6 Å². The average molecular weight is 1090 g/mol. The van der Waals surface area contributed by atoms with Crippen molar-refractivity contribution in [3.8, 4) is 0 Å². The number of carbonyl (C=O) groups is 9. The molecule has 27 heteroatoms. The number of rotatable bonds is 27. The second-order valence-electron chi connectivity index (χ2n) is 18.7. The average Bonchev–Trinajstić information content (AvgIpc) is 4.08. The molecular formula is C49H62F2N9O15P. The van der Waals surface area contributed by atoms with E-state index < -0.39 is 97.6 Å². The lowest BCUT2D eigenvalue weighted by atomic mass is 9.98. The highest BCUT2D eigenvalue weighted by Gasteiger charge is 2.47. The van der Waals surface area contributed by atoms with Crippen LogP contribution in [0.15, 0.2) is 42.5 Å². The van der Waals surface area contributed by atoms with Gasteiger partial charge in [-0.3, -0.25) is 53.4 Å². The smallest absolute Gasteiger partial charge is 0.384 e. The summed E-state index contributed by atoms with van der Waals surface area (Å²) in [6.45, 7) is 2.43. The monoisotopic (exact) mass is 1090 g/mol. The highest BCUT2D eigenvalue weighted by Crippen LogP contribution is 2.42. The van der Waals surface area contributed by atoms with Crippen LogP contribution in [-0.4, -0.2) is 161 Å². The summed E-state index contributed by atoms with van der Waals surface area (Å²) in [5.41, 5.74) is 5.81. The molecule has 0 radical (unpaired) electrons. The van der Waals surface area contributed by atoms with Crippen molar-refractivity contribution in [2.75, 3.05) is 58.0 Å². The van der Waals surface area contributed by atoms with Gasteiger partial charge in [0.05, 0.1) is 43.1 Å². The summed E-state index contributed by atoms with van der Waals surface area (Å²) in [5.74, 6) is -5.34. The molecule has 0 aliphatic carbocycles. The highest BCUT2D eigenvalue weighted by atomic mass is 31.2. The van der Waals surface area contributed by atoms with Crippen LogP contribution in [0, 0.1) is 0 Å². The number of imide groups is 2. The largest absolute Gasteiger partial charge is 0.389 e. The molecule has 5 heterocycles. The fourth-order valence-corrected chi connectivity index (χ4v) is 9.99. The van der Waals surface area contributed by atoms with Crippen LogP contribution >= 0.6 is 8.60 Å². The molecular weight excluding hydrogens is 1020 g/mol. The summed E-state index contributed by atoms with van der Waals surface area (Å²) < 4.78 is 49.6. The minimum absolute atomic E-state index is 0.0292. The van der Waals surface area contributed by atoms with Crippen molar-refractivity contribution in [3.05, 3.63) is 64.8 Å². The van der Waals surface area contributed by atoms with Gasteiger partial charge in [0.1, 0.15) is 29.9 Å². The number of nitrogens with one attached hydrogen (secondary N) is 6. The van der Waals surface area contributed by atoms with E-state index in [1.807, 2.05) is 0 Å². The first kappa shape index (κ1) is 57.2. The summed E-state index contributed by atoms with van der Waals surface area (Å²) in [7, 11) is -3.36. The highest BCUT2D eigenvalue weighted by molar-refractivity contribution is 7.39. The Bertz CT molecular complexity index is 2660. The Kier molecular flexibility index (Phi) is 19.9. The summed E-state index contributed by atoms with van der Waals surface area (Å²) in [6.07, 6.45) is -0.275. The molecule has 0 spiro atoms. The number of fused-ring (bicyclic) bond motifs is 3. The number of nitrogens with two attached hydrogens (primary N) is 1. The minimum Gasteiger partial charge on any atom is -0.384 e. The van der Waals surface area contributed by atoms with E-state index in [1.165, 1.54) is 23.1 Å². The molecule has 24 nitrogen and oxygen atoms in total. The number of hydrogen-bond acceptors (Lipinski definition) is 16. The number of carbonyl (C=O) groups excluding carboxylic acids is 9. The molecule has 4 aliphatic rings. The van der Waals surface area contributed by atoms with E-state index in [-0.39, 0.29) is 93.1 Å². The lowest BCUT2D eigenvalue weighted by Gasteiger charge is -2.35. The quantitative estimate of drug-likeness (QED) is 0.0298. The number of primary amides is 1. The molecule has 0 bridgehead atoms. The van der Waals surface area contributed by atoms with Crippen LogP contribution in [0.1, 0.15) is 114 Å². The zero-order valence-corrected chi connectivity index (χ0v) is 42.3. The van der Waals surface area contributed by atoms with E-state index in [4.69, 9.17) is 29.7 Å². The first-order chi connectivity index (χ1) is 36.4. The van der Waals surface area contributed by atoms with Crippen molar-refractivity contribution in [3.63, 3.8) is 0 Å². The van der Waals surface area contributed by atoms with Gasteiger partial charge in [-0.1, -0.05) is 18.9 Å². The van der Waals surface area contributed by atoms with Gasteiger partial charge in [0.25, 0.3) is 17.7 Å². The fraction of sp³-hybridized carbons (Fsp3) is 0.531. The Balaban J connectivity index is 0.783. The summed E-state index contributed by atoms with van der Waals surface area (Å²) >= 11 is 0. The van der Waals surface area contributed by atoms with Gasteiger partial charge in [-0.2, -0.15) is 8.78 Å². The van der Waals surface area contributed by atoms with Crippen molar-refractivity contribution < 1.29 is 80.5 Å². The van der Waals surface area contributed by atoms with Gasteiger partial charge in [0.15, 0.2) is 0 Å². The van der Waals surface area contributed by atoms with Crippen LogP contribution in [0.4, 0.5) is 14.5 Å². The third-order valence-corrected chi connectivity index (χ3v) is 13.8. The third-order valence-electron chi connectivity index (χ3n) is 13.4. The number of ether oxygens (including phenoxy) is 3. The first-order valence-corrected chi connectivity index (χ1v) is 26.3. The summed E-state index contributed by atoms with van der Waals surface area (Å²) in [4.78, 5) is 140. The lowest BCUT2D eigenvalue weighted by Crippen LogP contribution is -2.58. The van der Waals surface area contributed by atoms with Crippen molar-refractivity contribution in [1.82, 2.24) is 36.1 Å². The molecule has 1 unspecified atom stereocenters. The number of benzene rings is 2. The molecule has 4 aliphatic heterocycles. The second kappa shape index (κ2) is 26.5. The number of amides is 9. The maximum atomic E-state index is 14.4. The predicted octanol–water partition coefficient (Wildman–Crippen LogP) is 1.69. The Morgan fingerprint density at radius 2 is 1.57 bits per heavy atom. The standard InChI is InChI=1S/C49H62F2N9O15P/c50-49(51,75-76(70)71)29-10-12-32-28(26-29)27-36(55-32)43(64)57-35-8-2-1-6-30-11-14-37(59(30)47(35)68)44(65)56-34(13-16-39(52)61)42(63)54-19-5-21-73-23-25-74-24-22-72-20-4-18-53-33-9-3-7-31-41(33)48(69)60(46(31)67)38-15-17-40(62)58-45(38)66/h3,7,9-10,12,26-27,30,34-35,37-38,53,55,70-71H,1-2,4-6,8,11,13-25H2,(H2,52,61)(H,54,63)(H,56,65)(H,57,64)(H,58,62,66)/t30-,34-,35-,37-,38?/m0/s1. The SMILES string of the molecule is NC(=O)CC[C@H](NC(=O)[C@@H]1CC[C@@H]2CCCC[C@H](NC(=O)c3cc4cc(C(F)(F)OP(O)O)ccc4[nH]3)C(=O)N21)C(=O)NCCCOCCOCCOCCCNc1cccc2c1C(=O)N(C1CCC(=O)NC1=O)C2=O. The van der Waals surface area contributed by atoms with E-state index >= 15 is 0 Å². The number of hydrogen-bond donors (Lipinski definition) is 9. The molecule has 3 fully saturated rings. The molecule has 0 saturated carbocycles. The molecule has 7 rings (SSSR count). The van der Waals surface area contributed by atoms with E-state index in [1.54, 1.807) is 12.1 Å². The van der Waals surface area contributed by atoms with Crippen LogP contribution in [0.5, 0.6) is 0 Å². The number of nitrogens with zero attached hydrogens (tertiary/aromatic N) is 2. The normalized spacial score (nSPS) is 20.2. The van der Waals surface area contributed by atoms with Crippen molar-refractivity contribution in [1.29, 1.82) is 0 Å². The molecule has 76 heavy (non-hydrogen) atoms. The van der Waals surface area contributed by atoms with E-state index in [0.29, 0.717) is 76.1 Å². The van der Waals surface area contributed by atoms with Crippen LogP contribution in [0.25, 0.3) is 10.9 Å². The fourth-order valence-electron chi connectivity index (χ4n) is 9.68. The van der Waals surface area contributed by atoms with Gasteiger partial charge in [0, 0.05) is 61.8 Å². The molecule has 412 valence electrons. The molecule has 9 amide bonds. The molecule has 3 saturated heterocycles. The number of halogens is 2. The third kappa shape index (κ3) is 14.5. The van der Waals surface area contributed by atoms with E-state index in [9.17, 15) is 51.9 Å². The first-order valence-electron chi connectivity index (χ1n) is 25.1. The van der Waals surface area contributed by atoms with Crippen LogP contribution < -0.4 is 32.3 Å². The minimum atomic E-state index is -4.02. The number of H-pyrrole nitrogens is 1. The Morgan fingerprint density at radius 3 is 2.28 bits per heavy atom. The topological polar surface area (TPSA) is 339 Å². The van der Waals surface area contributed by atoms with Gasteiger partial charge in [0.2, 0.25) is 35.4 Å². The van der Waals surface area contributed by atoms with Gasteiger partial charge in [-0.05, 0) is 87.8 Å². The Hall–Kier alpha value is -6.54. The van der Waals surface area contributed by atoms with Crippen LogP contribution in [0.3, 0.4) is 0 Å². The predicted molar refractivity (Wildman–Crippen MR) is 265 cm³/mol. The number of alkyl halides is 2. The second-order valence-corrected chi connectivity index (χ2v) is 19.3. The number of piperidine rings is 1. The van der Waals surface area contributed by atoms with Gasteiger partial charge in [-0.15, -0.1) is 0 Å². The van der Waals surface area contributed by atoms with Crippen LogP contribution in [0.2, 0.25) is 0 Å².